The van der Waals surface area contributed by atoms with E-state index in [-0.39, 0.29) is 19.6 Å². The summed E-state index contributed by atoms with van der Waals surface area (Å²) in [7, 11) is 5.28. The Balaban J connectivity index is 1.30. The van der Waals surface area contributed by atoms with Gasteiger partial charge in [0, 0.05) is 20.5 Å². The largest absolute Gasteiger partial charge is 0.497 e. The number of benzene rings is 2. The van der Waals surface area contributed by atoms with Crippen molar-refractivity contribution in [3.63, 3.8) is 0 Å². The van der Waals surface area contributed by atoms with Gasteiger partial charge in [-0.2, -0.15) is 0 Å². The maximum atomic E-state index is 13.6. The number of anilines is 1. The third-order valence-electron chi connectivity index (χ3n) is 7.21. The summed E-state index contributed by atoms with van der Waals surface area (Å²) in [6, 6.07) is 14.8. The van der Waals surface area contributed by atoms with Crippen LogP contribution < -0.4 is 20.3 Å². The van der Waals surface area contributed by atoms with Gasteiger partial charge < -0.3 is 34.9 Å². The monoisotopic (exact) mass is 589 g/mol. The molecule has 0 radical (unpaired) electrons. The second-order valence-corrected chi connectivity index (χ2v) is 10.4. The first-order valence-corrected chi connectivity index (χ1v) is 13.9. The van der Waals surface area contributed by atoms with Gasteiger partial charge in [0.1, 0.15) is 30.8 Å². The van der Waals surface area contributed by atoms with Crippen LogP contribution in [0.1, 0.15) is 23.8 Å². The summed E-state index contributed by atoms with van der Waals surface area (Å²) in [5.74, 6) is 0.835. The average molecular weight is 590 g/mol. The van der Waals surface area contributed by atoms with Gasteiger partial charge in [-0.15, -0.1) is 0 Å². The fourth-order valence-corrected chi connectivity index (χ4v) is 4.94. The first-order valence-electron chi connectivity index (χ1n) is 13.9. The lowest BCUT2D eigenvalue weighted by atomic mass is 10.0. The van der Waals surface area contributed by atoms with Crippen molar-refractivity contribution >= 4 is 29.0 Å². The Morgan fingerprint density at radius 3 is 2.58 bits per heavy atom. The highest BCUT2D eigenvalue weighted by atomic mass is 16.5. The number of hydrogen-bond acceptors (Lipinski definition) is 10. The number of alkyl carbamates (subject to hydrolysis) is 1. The van der Waals surface area contributed by atoms with Crippen LogP contribution in [0.3, 0.4) is 0 Å². The van der Waals surface area contributed by atoms with E-state index in [1.165, 1.54) is 6.33 Å². The minimum atomic E-state index is -1.13. The molecule has 226 valence electrons. The number of carbonyl (C=O) groups excluding carboxylic acids is 2. The third kappa shape index (κ3) is 7.01. The highest BCUT2D eigenvalue weighted by Gasteiger charge is 2.37. The molecule has 1 aliphatic heterocycles. The number of aromatic nitrogens is 4. The zero-order valence-corrected chi connectivity index (χ0v) is 24.2. The summed E-state index contributed by atoms with van der Waals surface area (Å²) in [5.41, 5.74) is 2.68. The number of nitrogens with one attached hydrogen (secondary N) is 2. The van der Waals surface area contributed by atoms with Gasteiger partial charge in [-0.1, -0.05) is 42.5 Å². The van der Waals surface area contributed by atoms with Crippen molar-refractivity contribution < 1.29 is 28.9 Å². The molecule has 13 heteroatoms. The van der Waals surface area contributed by atoms with Crippen LogP contribution in [0, 0.1) is 0 Å². The number of methoxy groups -OCH3 is 1. The maximum absolute atomic E-state index is 13.6. The fraction of sp³-hybridized carbons (Fsp3) is 0.367. The van der Waals surface area contributed by atoms with E-state index < -0.39 is 36.4 Å². The lowest BCUT2D eigenvalue weighted by molar-refractivity contribution is -0.140. The Hall–Kier alpha value is -4.75. The van der Waals surface area contributed by atoms with Crippen LogP contribution in [0.5, 0.6) is 5.75 Å². The number of carbonyl (C=O) groups is 2. The molecule has 2 aromatic heterocycles. The number of nitrogens with zero attached hydrogens (tertiary/aromatic N) is 5. The normalized spacial score (nSPS) is 18.9. The van der Waals surface area contributed by atoms with Crippen molar-refractivity contribution in [2.24, 2.45) is 0 Å². The first-order chi connectivity index (χ1) is 20.8. The second-order valence-electron chi connectivity index (χ2n) is 10.4. The van der Waals surface area contributed by atoms with Gasteiger partial charge in [-0.3, -0.25) is 9.36 Å². The number of fused-ring (bicyclic) bond motifs is 1. The summed E-state index contributed by atoms with van der Waals surface area (Å²) in [6.45, 7) is 0.329. The fourth-order valence-electron chi connectivity index (χ4n) is 4.94. The lowest BCUT2D eigenvalue weighted by Gasteiger charge is -2.36. The molecule has 4 unspecified atom stereocenters. The number of aliphatic hydroxyl groups excluding tert-OH is 1. The zero-order chi connectivity index (χ0) is 30.3. The van der Waals surface area contributed by atoms with Crippen LogP contribution >= 0.6 is 0 Å². The molecule has 43 heavy (non-hydrogen) atoms. The summed E-state index contributed by atoms with van der Waals surface area (Å²) in [6.07, 6.45) is 0.816. The van der Waals surface area contributed by atoms with E-state index in [0.29, 0.717) is 29.2 Å². The van der Waals surface area contributed by atoms with Crippen molar-refractivity contribution in [3.05, 3.63) is 78.4 Å². The molecule has 2 aromatic carbocycles. The molecule has 3 N–H and O–H groups in total. The predicted molar refractivity (Wildman–Crippen MR) is 157 cm³/mol. The molecule has 1 saturated heterocycles. The van der Waals surface area contributed by atoms with E-state index in [2.05, 4.69) is 25.6 Å². The smallest absolute Gasteiger partial charge is 0.408 e. The van der Waals surface area contributed by atoms with Crippen LogP contribution in [0.2, 0.25) is 0 Å². The number of ether oxygens (including phenoxy) is 3. The van der Waals surface area contributed by atoms with Crippen molar-refractivity contribution in [1.82, 2.24) is 30.2 Å². The Morgan fingerprint density at radius 1 is 1.09 bits per heavy atom. The highest BCUT2D eigenvalue weighted by molar-refractivity contribution is 5.86. The SMILES string of the molecule is COc1ccc(CC(NC(=O)OCc2ccccc2)C(=O)NC2CCOC(n3cnc4c(N(C)C)ncnc43)C2O)cc1. The molecule has 2 amide bonds. The summed E-state index contributed by atoms with van der Waals surface area (Å²) >= 11 is 0. The van der Waals surface area contributed by atoms with E-state index in [1.807, 2.05) is 61.5 Å². The van der Waals surface area contributed by atoms with E-state index in [9.17, 15) is 14.7 Å². The van der Waals surface area contributed by atoms with Crippen LogP contribution in [0.15, 0.2) is 67.3 Å². The van der Waals surface area contributed by atoms with Crippen molar-refractivity contribution in [2.75, 3.05) is 32.7 Å². The summed E-state index contributed by atoms with van der Waals surface area (Å²) in [5, 5.41) is 17.0. The molecular formula is C30H35N7O6. The van der Waals surface area contributed by atoms with Gasteiger partial charge >= 0.3 is 6.09 Å². The molecular weight excluding hydrogens is 554 g/mol. The van der Waals surface area contributed by atoms with Crippen molar-refractivity contribution in [3.8, 4) is 5.75 Å². The molecule has 1 aliphatic rings. The minimum absolute atomic E-state index is 0.0574. The average Bonchev–Trinajstić information content (AvgIpc) is 3.45. The van der Waals surface area contributed by atoms with E-state index in [1.54, 1.807) is 30.1 Å². The Morgan fingerprint density at radius 2 is 1.86 bits per heavy atom. The number of hydrogen-bond donors (Lipinski definition) is 3. The second kappa shape index (κ2) is 13.5. The van der Waals surface area contributed by atoms with E-state index >= 15 is 0 Å². The topological polar surface area (TPSA) is 153 Å². The Labute approximate surface area is 248 Å². The number of imidazole rings is 1. The predicted octanol–water partition coefficient (Wildman–Crippen LogP) is 2.20. The molecule has 3 heterocycles. The zero-order valence-electron chi connectivity index (χ0n) is 24.2. The van der Waals surface area contributed by atoms with Crippen LogP contribution in [-0.2, 0) is 27.3 Å². The van der Waals surface area contributed by atoms with Crippen LogP contribution in [0.4, 0.5) is 10.6 Å². The standard InChI is InChI=1S/C30H35N7O6/c1-36(2)26-24-27(32-17-31-26)37(18-33-24)29-25(38)22(13-14-42-29)34-28(39)23(15-19-9-11-21(41-3)12-10-19)35-30(40)43-16-20-7-5-4-6-8-20/h4-12,17-18,22-23,25,29,38H,13-16H2,1-3H3,(H,34,39)(H,35,40). The molecule has 4 atom stereocenters. The van der Waals surface area contributed by atoms with Gasteiger partial charge in [-0.25, -0.2) is 19.7 Å². The summed E-state index contributed by atoms with van der Waals surface area (Å²) < 4.78 is 18.2. The number of amides is 2. The Bertz CT molecular complexity index is 1530. The quantitative estimate of drug-likeness (QED) is 0.251. The molecule has 4 aromatic rings. The van der Waals surface area contributed by atoms with Gasteiger partial charge in [0.2, 0.25) is 5.91 Å². The molecule has 13 nitrogen and oxygen atoms in total. The lowest BCUT2D eigenvalue weighted by Crippen LogP contribution is -2.56. The van der Waals surface area contributed by atoms with Gasteiger partial charge in [0.15, 0.2) is 23.2 Å². The number of aliphatic hydroxyl groups is 1. The van der Waals surface area contributed by atoms with Gasteiger partial charge in [0.25, 0.3) is 0 Å². The summed E-state index contributed by atoms with van der Waals surface area (Å²) in [4.78, 5) is 41.3. The van der Waals surface area contributed by atoms with Crippen LogP contribution in [0.25, 0.3) is 11.2 Å². The molecule has 0 bridgehead atoms. The molecule has 5 rings (SSSR count). The highest BCUT2D eigenvalue weighted by Crippen LogP contribution is 2.29. The minimum Gasteiger partial charge on any atom is -0.497 e. The molecule has 0 spiro atoms. The molecule has 0 saturated carbocycles. The van der Waals surface area contributed by atoms with E-state index in [4.69, 9.17) is 14.2 Å². The molecule has 1 fully saturated rings. The Kier molecular flexibility index (Phi) is 9.32. The van der Waals surface area contributed by atoms with Crippen molar-refractivity contribution in [2.45, 2.75) is 43.9 Å². The van der Waals surface area contributed by atoms with Crippen LogP contribution in [-0.4, -0.2) is 82.6 Å². The first kappa shape index (κ1) is 29.7. The van der Waals surface area contributed by atoms with Gasteiger partial charge in [0.05, 0.1) is 26.1 Å². The molecule has 0 aliphatic carbocycles. The van der Waals surface area contributed by atoms with Crippen molar-refractivity contribution in [1.29, 1.82) is 0 Å². The number of rotatable bonds is 10. The maximum Gasteiger partial charge on any atom is 0.408 e. The van der Waals surface area contributed by atoms with E-state index in [0.717, 1.165) is 11.1 Å². The van der Waals surface area contributed by atoms with Gasteiger partial charge in [-0.05, 0) is 29.7 Å². The third-order valence-corrected chi connectivity index (χ3v) is 7.21.